The summed E-state index contributed by atoms with van der Waals surface area (Å²) in [6.07, 6.45) is 0. The lowest BCUT2D eigenvalue weighted by molar-refractivity contribution is 0.616. The highest BCUT2D eigenvalue weighted by atomic mass is 28.2. The van der Waals surface area contributed by atoms with Gasteiger partial charge in [0.15, 0.2) is 0 Å². The summed E-state index contributed by atoms with van der Waals surface area (Å²) in [5.41, 5.74) is 8.48. The Kier molecular flexibility index (Phi) is 4.50. The van der Waals surface area contributed by atoms with Crippen LogP contribution in [0.25, 0.3) is 22.3 Å². The van der Waals surface area contributed by atoms with Crippen molar-refractivity contribution >= 4 is 9.76 Å². The molecule has 0 aliphatic heterocycles. The van der Waals surface area contributed by atoms with Crippen LogP contribution in [0.15, 0.2) is 78.9 Å². The fourth-order valence-electron chi connectivity index (χ4n) is 2.57. The minimum Gasteiger partial charge on any atom is -0.426 e. The quantitative estimate of drug-likeness (QED) is 0.568. The van der Waals surface area contributed by atoms with Gasteiger partial charge >= 0.3 is 0 Å². The van der Waals surface area contributed by atoms with Crippen LogP contribution in [-0.2, 0) is 0 Å². The van der Waals surface area contributed by atoms with E-state index in [1.54, 1.807) is 0 Å². The molecule has 22 heavy (non-hydrogen) atoms. The largest absolute Gasteiger partial charge is 0.426 e. The average molecular weight is 300 g/mol. The maximum absolute atomic E-state index is 9.14. The number of benzene rings is 3. The summed E-state index contributed by atoms with van der Waals surface area (Å²) in [7, 11) is -1.26. The number of hydrogen-bond acceptors (Lipinski definition) is 1. The summed E-state index contributed by atoms with van der Waals surface area (Å²) in [4.78, 5) is 9.14. The zero-order valence-electron chi connectivity index (χ0n) is 12.2. The Morgan fingerprint density at radius 1 is 0.682 bits per heavy atom. The van der Waals surface area contributed by atoms with Crippen LogP contribution in [0, 0.1) is 11.5 Å². The van der Waals surface area contributed by atoms with E-state index in [0.29, 0.717) is 0 Å². The van der Waals surface area contributed by atoms with Crippen molar-refractivity contribution < 1.29 is 4.80 Å². The van der Waals surface area contributed by atoms with Crippen LogP contribution < -0.4 is 0 Å². The van der Waals surface area contributed by atoms with Crippen LogP contribution >= 0.6 is 0 Å². The van der Waals surface area contributed by atoms with Gasteiger partial charge in [-0.1, -0.05) is 78.7 Å². The van der Waals surface area contributed by atoms with E-state index in [2.05, 4.69) is 41.8 Å². The van der Waals surface area contributed by atoms with E-state index >= 15 is 0 Å². The fraction of sp³-hybridized carbons (Fsp3) is 0. The molecule has 1 nitrogen and oxygen atoms in total. The van der Waals surface area contributed by atoms with E-state index in [9.17, 15) is 0 Å². The molecule has 0 unspecified atom stereocenters. The maximum atomic E-state index is 9.14. The number of rotatable bonds is 2. The highest BCUT2D eigenvalue weighted by Crippen LogP contribution is 2.34. The lowest BCUT2D eigenvalue weighted by atomic mass is 9.91. The molecule has 0 radical (unpaired) electrons. The normalized spacial score (nSPS) is 10.4. The Hall–Kier alpha value is -2.60. The lowest BCUT2D eigenvalue weighted by Crippen LogP contribution is -1.90. The molecular formula is C20H16OSi. The lowest BCUT2D eigenvalue weighted by Gasteiger charge is -2.12. The minimum atomic E-state index is -1.26. The Morgan fingerprint density at radius 2 is 1.32 bits per heavy atom. The van der Waals surface area contributed by atoms with Gasteiger partial charge < -0.3 is 4.80 Å². The SMILES string of the molecule is O[SiH2]C#Cc1cccc(-c2ccccc2)c1-c1ccccc1. The van der Waals surface area contributed by atoms with Gasteiger partial charge in [0.05, 0.1) is 0 Å². The molecule has 106 valence electrons. The van der Waals surface area contributed by atoms with Crippen molar-refractivity contribution in [3.63, 3.8) is 0 Å². The van der Waals surface area contributed by atoms with Crippen molar-refractivity contribution in [2.24, 2.45) is 0 Å². The molecule has 0 spiro atoms. The topological polar surface area (TPSA) is 20.2 Å². The molecule has 0 bridgehead atoms. The van der Waals surface area contributed by atoms with Gasteiger partial charge in [-0.3, -0.25) is 0 Å². The van der Waals surface area contributed by atoms with Crippen molar-refractivity contribution in [1.82, 2.24) is 0 Å². The first kappa shape index (κ1) is 14.3. The standard InChI is InChI=1S/C20H16OSi/c21-22-15-14-18-12-7-13-19(16-8-3-1-4-9-16)20(18)17-10-5-2-6-11-17/h1-13,21H,22H2. The second kappa shape index (κ2) is 6.90. The van der Waals surface area contributed by atoms with Gasteiger partial charge in [-0.05, 0) is 22.8 Å². The molecular weight excluding hydrogens is 284 g/mol. The van der Waals surface area contributed by atoms with Crippen molar-refractivity contribution in [2.45, 2.75) is 0 Å². The van der Waals surface area contributed by atoms with E-state index in [4.69, 9.17) is 4.80 Å². The third-order valence-electron chi connectivity index (χ3n) is 3.51. The Bertz CT molecular complexity index is 815. The molecule has 0 saturated heterocycles. The molecule has 0 fully saturated rings. The van der Waals surface area contributed by atoms with Gasteiger partial charge in [0.25, 0.3) is 0 Å². The van der Waals surface area contributed by atoms with Crippen molar-refractivity contribution in [3.05, 3.63) is 84.4 Å². The molecule has 2 heteroatoms. The molecule has 0 aliphatic rings. The molecule has 0 atom stereocenters. The van der Waals surface area contributed by atoms with E-state index in [-0.39, 0.29) is 0 Å². The first-order valence-electron chi connectivity index (χ1n) is 7.24. The molecule has 3 aromatic carbocycles. The molecule has 1 N–H and O–H groups in total. The van der Waals surface area contributed by atoms with Crippen molar-refractivity contribution in [3.8, 4) is 33.7 Å². The second-order valence-corrected chi connectivity index (χ2v) is 5.59. The van der Waals surface area contributed by atoms with Gasteiger partial charge in [-0.25, -0.2) is 0 Å². The van der Waals surface area contributed by atoms with Gasteiger partial charge in [0.1, 0.15) is 0 Å². The molecule has 0 heterocycles. The summed E-state index contributed by atoms with van der Waals surface area (Å²) in [6.45, 7) is 0. The highest BCUT2D eigenvalue weighted by Gasteiger charge is 2.10. The maximum Gasteiger partial charge on any atom is 0.237 e. The van der Waals surface area contributed by atoms with Crippen LogP contribution in [0.1, 0.15) is 5.56 Å². The fourth-order valence-corrected chi connectivity index (χ4v) is 2.83. The third kappa shape index (κ3) is 3.01. The summed E-state index contributed by atoms with van der Waals surface area (Å²) in [6, 6.07) is 26.8. The van der Waals surface area contributed by atoms with Crippen LogP contribution in [0.2, 0.25) is 0 Å². The van der Waals surface area contributed by atoms with Gasteiger partial charge in [0.2, 0.25) is 9.76 Å². The third-order valence-corrected chi connectivity index (χ3v) is 3.85. The van der Waals surface area contributed by atoms with Gasteiger partial charge in [-0.15, -0.1) is 5.54 Å². The monoisotopic (exact) mass is 300 g/mol. The highest BCUT2D eigenvalue weighted by molar-refractivity contribution is 6.37. The minimum absolute atomic E-state index is 0.967. The van der Waals surface area contributed by atoms with Crippen LogP contribution in [0.4, 0.5) is 0 Å². The van der Waals surface area contributed by atoms with Crippen LogP contribution in [-0.4, -0.2) is 14.6 Å². The zero-order chi connectivity index (χ0) is 15.2. The first-order valence-corrected chi connectivity index (χ1v) is 8.57. The van der Waals surface area contributed by atoms with E-state index in [1.807, 2.05) is 48.5 Å². The molecule has 3 rings (SSSR count). The Morgan fingerprint density at radius 3 is 1.95 bits per heavy atom. The summed E-state index contributed by atoms with van der Waals surface area (Å²) >= 11 is 0. The van der Waals surface area contributed by atoms with Crippen LogP contribution in [0.5, 0.6) is 0 Å². The molecule has 3 aromatic rings. The average Bonchev–Trinajstić information content (AvgIpc) is 2.61. The molecule has 0 amide bonds. The molecule has 0 saturated carbocycles. The van der Waals surface area contributed by atoms with E-state index < -0.39 is 9.76 Å². The van der Waals surface area contributed by atoms with Crippen molar-refractivity contribution in [2.75, 3.05) is 0 Å². The smallest absolute Gasteiger partial charge is 0.237 e. The summed E-state index contributed by atoms with van der Waals surface area (Å²) < 4.78 is 0. The van der Waals surface area contributed by atoms with Gasteiger partial charge in [0, 0.05) is 11.1 Å². The zero-order valence-corrected chi connectivity index (χ0v) is 13.6. The number of hydrogen-bond donors (Lipinski definition) is 1. The van der Waals surface area contributed by atoms with Gasteiger partial charge in [-0.2, -0.15) is 0 Å². The molecule has 0 aliphatic carbocycles. The summed E-state index contributed by atoms with van der Waals surface area (Å²) in [5.74, 6) is 3.13. The van der Waals surface area contributed by atoms with Crippen LogP contribution in [0.3, 0.4) is 0 Å². The predicted molar refractivity (Wildman–Crippen MR) is 95.0 cm³/mol. The first-order chi connectivity index (χ1) is 10.9. The van der Waals surface area contributed by atoms with Crippen molar-refractivity contribution in [1.29, 1.82) is 0 Å². The Balaban J connectivity index is 2.27. The second-order valence-electron chi connectivity index (χ2n) is 4.92. The van der Waals surface area contributed by atoms with E-state index in [0.717, 1.165) is 16.7 Å². The predicted octanol–water partition coefficient (Wildman–Crippen LogP) is 3.41. The molecule has 0 aromatic heterocycles. The van der Waals surface area contributed by atoms with E-state index in [1.165, 1.54) is 11.1 Å². The summed E-state index contributed by atoms with van der Waals surface area (Å²) in [5, 5.41) is 0. The Labute approximate surface area is 133 Å².